The molecule has 0 aliphatic heterocycles. The van der Waals surface area contributed by atoms with Crippen molar-refractivity contribution in [3.63, 3.8) is 0 Å². The summed E-state index contributed by atoms with van der Waals surface area (Å²) in [7, 11) is 0. The van der Waals surface area contributed by atoms with Gasteiger partial charge in [-0.1, -0.05) is 6.07 Å². The van der Waals surface area contributed by atoms with Crippen LogP contribution in [0.2, 0.25) is 0 Å². The second-order valence-corrected chi connectivity index (χ2v) is 3.75. The lowest BCUT2D eigenvalue weighted by Gasteiger charge is -2.04. The molecule has 3 nitrogen and oxygen atoms in total. The molecule has 84 valence electrons. The van der Waals surface area contributed by atoms with Crippen LogP contribution in [0.1, 0.15) is 17.0 Å². The quantitative estimate of drug-likeness (QED) is 0.840. The number of benzene rings is 1. The van der Waals surface area contributed by atoms with Gasteiger partial charge in [0.15, 0.2) is 0 Å². The van der Waals surface area contributed by atoms with Gasteiger partial charge in [-0.05, 0) is 32.0 Å². The molecule has 0 fully saturated rings. The summed E-state index contributed by atoms with van der Waals surface area (Å²) < 4.78 is 14.8. The van der Waals surface area contributed by atoms with Crippen LogP contribution in [0.25, 0.3) is 5.69 Å². The number of halogens is 1. The Labute approximate surface area is 93.7 Å². The fourth-order valence-electron chi connectivity index (χ4n) is 1.83. The first-order valence-electron chi connectivity index (χ1n) is 5.14. The molecule has 0 radical (unpaired) electrons. The predicted octanol–water partition coefficient (Wildman–Crippen LogP) is 2.09. The molecule has 2 N–H and O–H groups in total. The Morgan fingerprint density at radius 2 is 2.12 bits per heavy atom. The smallest absolute Gasteiger partial charge is 0.125 e. The maximum absolute atomic E-state index is 13.1. The first-order chi connectivity index (χ1) is 7.63. The van der Waals surface area contributed by atoms with Crippen LogP contribution in [0.3, 0.4) is 0 Å². The normalized spacial score (nSPS) is 10.8. The Bertz CT molecular complexity index is 517. The van der Waals surface area contributed by atoms with Gasteiger partial charge >= 0.3 is 0 Å². The fraction of sp³-hybridized carbons (Fsp3) is 0.250. The Morgan fingerprint density at radius 1 is 1.38 bits per heavy atom. The highest BCUT2D eigenvalue weighted by Crippen LogP contribution is 2.17. The van der Waals surface area contributed by atoms with E-state index in [0.717, 1.165) is 22.6 Å². The summed E-state index contributed by atoms with van der Waals surface area (Å²) in [5.74, 6) is -0.264. The van der Waals surface area contributed by atoms with Crippen LogP contribution in [0, 0.1) is 19.7 Å². The van der Waals surface area contributed by atoms with Crippen molar-refractivity contribution in [2.75, 3.05) is 0 Å². The summed E-state index contributed by atoms with van der Waals surface area (Å²) in [6, 6.07) is 6.37. The molecule has 4 heteroatoms. The Kier molecular flexibility index (Phi) is 2.75. The van der Waals surface area contributed by atoms with Crippen LogP contribution in [0.4, 0.5) is 4.39 Å². The van der Waals surface area contributed by atoms with E-state index in [-0.39, 0.29) is 5.82 Å². The number of hydrogen-bond acceptors (Lipinski definition) is 2. The Balaban J connectivity index is 2.56. The van der Waals surface area contributed by atoms with Crippen LogP contribution in [-0.4, -0.2) is 9.78 Å². The zero-order valence-corrected chi connectivity index (χ0v) is 9.37. The predicted molar refractivity (Wildman–Crippen MR) is 60.9 cm³/mol. The van der Waals surface area contributed by atoms with Crippen LogP contribution >= 0.6 is 0 Å². The number of aromatic nitrogens is 2. The lowest BCUT2D eigenvalue weighted by atomic mass is 10.2. The van der Waals surface area contributed by atoms with E-state index in [1.165, 1.54) is 12.1 Å². The van der Waals surface area contributed by atoms with E-state index in [4.69, 9.17) is 5.73 Å². The van der Waals surface area contributed by atoms with E-state index in [1.807, 2.05) is 19.9 Å². The van der Waals surface area contributed by atoms with Gasteiger partial charge < -0.3 is 5.73 Å². The maximum atomic E-state index is 13.1. The number of hydrogen-bond donors (Lipinski definition) is 1. The Morgan fingerprint density at radius 3 is 2.69 bits per heavy atom. The summed E-state index contributed by atoms with van der Waals surface area (Å²) in [5.41, 5.74) is 9.24. The number of nitrogens with two attached hydrogens (primary N) is 1. The third kappa shape index (κ3) is 1.72. The lowest BCUT2D eigenvalue weighted by molar-refractivity contribution is 0.625. The van der Waals surface area contributed by atoms with E-state index in [2.05, 4.69) is 5.10 Å². The van der Waals surface area contributed by atoms with Crippen molar-refractivity contribution in [2.24, 2.45) is 5.73 Å². The van der Waals surface area contributed by atoms with E-state index in [9.17, 15) is 4.39 Å². The van der Waals surface area contributed by atoms with Gasteiger partial charge in [0.1, 0.15) is 5.82 Å². The van der Waals surface area contributed by atoms with Crippen molar-refractivity contribution < 1.29 is 4.39 Å². The third-order valence-corrected chi connectivity index (χ3v) is 2.70. The highest BCUT2D eigenvalue weighted by Gasteiger charge is 2.11. The van der Waals surface area contributed by atoms with Crippen molar-refractivity contribution in [3.8, 4) is 5.69 Å². The van der Waals surface area contributed by atoms with Crippen molar-refractivity contribution in [1.82, 2.24) is 9.78 Å². The summed E-state index contributed by atoms with van der Waals surface area (Å²) in [6.45, 7) is 4.30. The molecule has 0 saturated heterocycles. The first-order valence-corrected chi connectivity index (χ1v) is 5.14. The van der Waals surface area contributed by atoms with Gasteiger partial charge in [0.05, 0.1) is 11.4 Å². The topological polar surface area (TPSA) is 43.8 Å². The van der Waals surface area contributed by atoms with Crippen molar-refractivity contribution >= 4 is 0 Å². The van der Waals surface area contributed by atoms with E-state index in [1.54, 1.807) is 10.7 Å². The highest BCUT2D eigenvalue weighted by molar-refractivity contribution is 5.37. The summed E-state index contributed by atoms with van der Waals surface area (Å²) in [5, 5.41) is 4.36. The molecule has 0 atom stereocenters. The molecule has 0 unspecified atom stereocenters. The average molecular weight is 219 g/mol. The summed E-state index contributed by atoms with van der Waals surface area (Å²) in [6.07, 6.45) is 0. The molecule has 0 bridgehead atoms. The van der Waals surface area contributed by atoms with E-state index >= 15 is 0 Å². The summed E-state index contributed by atoms with van der Waals surface area (Å²) in [4.78, 5) is 0. The van der Waals surface area contributed by atoms with Crippen molar-refractivity contribution in [3.05, 3.63) is 47.0 Å². The standard InChI is InChI=1S/C12H14FN3/c1-8-12(7-14)9(2)16(15-8)11-5-3-4-10(13)6-11/h3-6H,7,14H2,1-2H3. The van der Waals surface area contributed by atoms with Gasteiger partial charge in [-0.2, -0.15) is 5.10 Å². The fourth-order valence-corrected chi connectivity index (χ4v) is 1.83. The average Bonchev–Trinajstić information content (AvgIpc) is 2.54. The monoisotopic (exact) mass is 219 g/mol. The minimum Gasteiger partial charge on any atom is -0.326 e. The van der Waals surface area contributed by atoms with Gasteiger partial charge in [0.2, 0.25) is 0 Å². The zero-order chi connectivity index (χ0) is 11.7. The number of nitrogens with zero attached hydrogens (tertiary/aromatic N) is 2. The van der Waals surface area contributed by atoms with Crippen LogP contribution < -0.4 is 5.73 Å². The van der Waals surface area contributed by atoms with E-state index in [0.29, 0.717) is 6.54 Å². The highest BCUT2D eigenvalue weighted by atomic mass is 19.1. The second kappa shape index (κ2) is 4.06. The molecule has 0 saturated carbocycles. The van der Waals surface area contributed by atoms with Crippen molar-refractivity contribution in [2.45, 2.75) is 20.4 Å². The molecular weight excluding hydrogens is 205 g/mol. The molecule has 0 amide bonds. The molecule has 1 aromatic heterocycles. The lowest BCUT2D eigenvalue weighted by Crippen LogP contribution is -2.02. The van der Waals surface area contributed by atoms with Gasteiger partial charge in [0, 0.05) is 17.8 Å². The van der Waals surface area contributed by atoms with Gasteiger partial charge in [0.25, 0.3) is 0 Å². The zero-order valence-electron chi connectivity index (χ0n) is 9.37. The minimum absolute atomic E-state index is 0.264. The Hall–Kier alpha value is -1.68. The summed E-state index contributed by atoms with van der Waals surface area (Å²) >= 11 is 0. The van der Waals surface area contributed by atoms with Gasteiger partial charge in [-0.25, -0.2) is 9.07 Å². The molecule has 1 aromatic carbocycles. The van der Waals surface area contributed by atoms with Crippen LogP contribution in [-0.2, 0) is 6.54 Å². The molecule has 16 heavy (non-hydrogen) atoms. The molecule has 1 heterocycles. The van der Waals surface area contributed by atoms with Crippen LogP contribution in [0.15, 0.2) is 24.3 Å². The van der Waals surface area contributed by atoms with Gasteiger partial charge in [-0.3, -0.25) is 0 Å². The van der Waals surface area contributed by atoms with E-state index < -0.39 is 0 Å². The first kappa shape index (κ1) is 10.8. The van der Waals surface area contributed by atoms with Crippen LogP contribution in [0.5, 0.6) is 0 Å². The minimum atomic E-state index is -0.264. The number of rotatable bonds is 2. The second-order valence-electron chi connectivity index (χ2n) is 3.75. The number of aryl methyl sites for hydroxylation is 1. The molecule has 2 aromatic rings. The third-order valence-electron chi connectivity index (χ3n) is 2.70. The largest absolute Gasteiger partial charge is 0.326 e. The molecule has 0 spiro atoms. The SMILES string of the molecule is Cc1nn(-c2cccc(F)c2)c(C)c1CN. The molecular formula is C12H14FN3. The molecule has 2 rings (SSSR count). The van der Waals surface area contributed by atoms with Gasteiger partial charge in [-0.15, -0.1) is 0 Å². The maximum Gasteiger partial charge on any atom is 0.125 e. The molecule has 0 aliphatic carbocycles. The molecule has 0 aliphatic rings. The van der Waals surface area contributed by atoms with Crippen molar-refractivity contribution in [1.29, 1.82) is 0 Å².